The summed E-state index contributed by atoms with van der Waals surface area (Å²) in [6, 6.07) is 4.32. The predicted molar refractivity (Wildman–Crippen MR) is 75.0 cm³/mol. The summed E-state index contributed by atoms with van der Waals surface area (Å²) in [5.74, 6) is -0.922. The Morgan fingerprint density at radius 2 is 1.52 bits per heavy atom. The van der Waals surface area contributed by atoms with Crippen molar-refractivity contribution in [2.75, 3.05) is 19.5 Å². The summed E-state index contributed by atoms with van der Waals surface area (Å²) in [5.41, 5.74) is 0.737. The molecule has 0 spiro atoms. The van der Waals surface area contributed by atoms with Gasteiger partial charge in [-0.15, -0.1) is 0 Å². The smallest absolute Gasteiger partial charge is 0.337 e. The second-order valence-corrected chi connectivity index (χ2v) is 5.09. The monoisotopic (exact) mass is 291 g/mol. The SMILES string of the molecule is COC(=O)c1cc(NC(=O)[C@@H]2C[C@H]2C)cc(C(=O)OC)c1. The number of esters is 2. The number of amides is 1. The van der Waals surface area contributed by atoms with Gasteiger partial charge >= 0.3 is 11.9 Å². The van der Waals surface area contributed by atoms with Crippen LogP contribution < -0.4 is 5.32 Å². The molecule has 1 amide bonds. The van der Waals surface area contributed by atoms with E-state index in [0.29, 0.717) is 11.6 Å². The lowest BCUT2D eigenvalue weighted by molar-refractivity contribution is -0.117. The highest BCUT2D eigenvalue weighted by atomic mass is 16.5. The fraction of sp³-hybridized carbons (Fsp3) is 0.400. The van der Waals surface area contributed by atoms with Crippen LogP contribution in [0.15, 0.2) is 18.2 Å². The first kappa shape index (κ1) is 15.0. The third kappa shape index (κ3) is 3.39. The second-order valence-electron chi connectivity index (χ2n) is 5.09. The van der Waals surface area contributed by atoms with Crippen LogP contribution >= 0.6 is 0 Å². The Bertz CT molecular complexity index is 561. The van der Waals surface area contributed by atoms with Gasteiger partial charge in [0, 0.05) is 11.6 Å². The van der Waals surface area contributed by atoms with Gasteiger partial charge in [-0.3, -0.25) is 4.79 Å². The molecule has 0 bridgehead atoms. The molecule has 0 unspecified atom stereocenters. The summed E-state index contributed by atoms with van der Waals surface area (Å²) in [4.78, 5) is 35.2. The number of hydrogen-bond donors (Lipinski definition) is 1. The number of carbonyl (C=O) groups excluding carboxylic acids is 3. The largest absolute Gasteiger partial charge is 0.465 e. The molecule has 0 saturated heterocycles. The van der Waals surface area contributed by atoms with Gasteiger partial charge in [0.05, 0.1) is 25.3 Å². The van der Waals surface area contributed by atoms with Crippen LogP contribution in [0.25, 0.3) is 0 Å². The van der Waals surface area contributed by atoms with Crippen LogP contribution in [0.5, 0.6) is 0 Å². The van der Waals surface area contributed by atoms with E-state index in [9.17, 15) is 14.4 Å². The second kappa shape index (κ2) is 5.95. The van der Waals surface area contributed by atoms with E-state index in [4.69, 9.17) is 0 Å². The molecule has 1 aliphatic carbocycles. The summed E-state index contributed by atoms with van der Waals surface area (Å²) < 4.78 is 9.28. The molecule has 6 nitrogen and oxygen atoms in total. The summed E-state index contributed by atoms with van der Waals surface area (Å²) in [6.45, 7) is 2.00. The molecule has 21 heavy (non-hydrogen) atoms. The Hall–Kier alpha value is -2.37. The number of benzene rings is 1. The minimum absolute atomic E-state index is 0.00615. The zero-order valence-corrected chi connectivity index (χ0v) is 12.1. The van der Waals surface area contributed by atoms with E-state index in [0.717, 1.165) is 6.42 Å². The standard InChI is InChI=1S/C15H17NO5/c1-8-4-12(8)13(17)16-11-6-9(14(18)20-2)5-10(7-11)15(19)21-3/h5-8,12H,4H2,1-3H3,(H,16,17)/t8-,12-/m1/s1. The van der Waals surface area contributed by atoms with Crippen molar-refractivity contribution in [1.29, 1.82) is 0 Å². The van der Waals surface area contributed by atoms with Gasteiger partial charge in [0.1, 0.15) is 0 Å². The summed E-state index contributed by atoms with van der Waals surface area (Å²) in [7, 11) is 2.49. The van der Waals surface area contributed by atoms with Crippen molar-refractivity contribution in [1.82, 2.24) is 0 Å². The minimum atomic E-state index is -0.587. The number of nitrogens with one attached hydrogen (secondary N) is 1. The normalized spacial score (nSPS) is 19.6. The number of carbonyl (C=O) groups is 3. The van der Waals surface area contributed by atoms with Gasteiger partial charge in [0.15, 0.2) is 0 Å². The van der Waals surface area contributed by atoms with Gasteiger partial charge in [-0.1, -0.05) is 6.92 Å². The third-order valence-electron chi connectivity index (χ3n) is 3.49. The lowest BCUT2D eigenvalue weighted by atomic mass is 10.1. The number of rotatable bonds is 4. The Morgan fingerprint density at radius 3 is 1.90 bits per heavy atom. The molecule has 0 aromatic heterocycles. The van der Waals surface area contributed by atoms with Gasteiger partial charge in [0.2, 0.25) is 5.91 Å². The highest BCUT2D eigenvalue weighted by molar-refractivity contribution is 6.00. The van der Waals surface area contributed by atoms with E-state index in [1.54, 1.807) is 0 Å². The Labute approximate surface area is 122 Å². The molecule has 0 aliphatic heterocycles. The van der Waals surface area contributed by atoms with Gasteiger partial charge in [0.25, 0.3) is 0 Å². The number of methoxy groups -OCH3 is 2. The van der Waals surface area contributed by atoms with Crippen LogP contribution in [0.3, 0.4) is 0 Å². The minimum Gasteiger partial charge on any atom is -0.465 e. The van der Waals surface area contributed by atoms with Crippen LogP contribution in [-0.2, 0) is 14.3 Å². The van der Waals surface area contributed by atoms with E-state index >= 15 is 0 Å². The zero-order chi connectivity index (χ0) is 15.6. The summed E-state index contributed by atoms with van der Waals surface area (Å²) in [5, 5.41) is 2.72. The maximum absolute atomic E-state index is 11.9. The fourth-order valence-corrected chi connectivity index (χ4v) is 2.09. The van der Waals surface area contributed by atoms with Crippen molar-refractivity contribution in [3.8, 4) is 0 Å². The third-order valence-corrected chi connectivity index (χ3v) is 3.49. The Balaban J connectivity index is 2.28. The highest BCUT2D eigenvalue weighted by Gasteiger charge is 2.39. The van der Waals surface area contributed by atoms with E-state index in [1.807, 2.05) is 6.92 Å². The maximum atomic E-state index is 11.9. The number of ether oxygens (including phenoxy) is 2. The first-order chi connectivity index (χ1) is 9.96. The van der Waals surface area contributed by atoms with E-state index in [2.05, 4.69) is 14.8 Å². The molecule has 1 N–H and O–H groups in total. The van der Waals surface area contributed by atoms with Crippen LogP contribution in [0.4, 0.5) is 5.69 Å². The van der Waals surface area contributed by atoms with Crippen molar-refractivity contribution >= 4 is 23.5 Å². The van der Waals surface area contributed by atoms with Gasteiger partial charge in [-0.2, -0.15) is 0 Å². The van der Waals surface area contributed by atoms with E-state index in [1.165, 1.54) is 32.4 Å². The Morgan fingerprint density at radius 1 is 1.05 bits per heavy atom. The average Bonchev–Trinajstić information content (AvgIpc) is 3.22. The van der Waals surface area contributed by atoms with E-state index in [-0.39, 0.29) is 23.0 Å². The first-order valence-electron chi connectivity index (χ1n) is 6.59. The van der Waals surface area contributed by atoms with Crippen LogP contribution in [0, 0.1) is 11.8 Å². The molecule has 0 heterocycles. The molecule has 2 rings (SSSR count). The maximum Gasteiger partial charge on any atom is 0.337 e. The van der Waals surface area contributed by atoms with Crippen LogP contribution in [-0.4, -0.2) is 32.1 Å². The van der Waals surface area contributed by atoms with Crippen molar-refractivity contribution in [3.63, 3.8) is 0 Å². The van der Waals surface area contributed by atoms with Crippen molar-refractivity contribution in [2.24, 2.45) is 11.8 Å². The topological polar surface area (TPSA) is 81.7 Å². The van der Waals surface area contributed by atoms with Crippen molar-refractivity contribution in [2.45, 2.75) is 13.3 Å². The number of hydrogen-bond acceptors (Lipinski definition) is 5. The lowest BCUT2D eigenvalue weighted by Gasteiger charge is -2.09. The molecule has 6 heteroatoms. The molecule has 2 atom stereocenters. The molecule has 1 aromatic rings. The zero-order valence-electron chi connectivity index (χ0n) is 12.1. The van der Waals surface area contributed by atoms with Crippen LogP contribution in [0.1, 0.15) is 34.1 Å². The number of anilines is 1. The molecular formula is C15H17NO5. The van der Waals surface area contributed by atoms with Crippen molar-refractivity contribution < 1.29 is 23.9 Å². The summed E-state index contributed by atoms with van der Waals surface area (Å²) in [6.07, 6.45) is 0.854. The molecular weight excluding hydrogens is 274 g/mol. The first-order valence-corrected chi connectivity index (χ1v) is 6.59. The predicted octanol–water partition coefficient (Wildman–Crippen LogP) is 1.85. The Kier molecular flexibility index (Phi) is 4.26. The quantitative estimate of drug-likeness (QED) is 0.856. The van der Waals surface area contributed by atoms with Gasteiger partial charge < -0.3 is 14.8 Å². The molecule has 0 radical (unpaired) electrons. The van der Waals surface area contributed by atoms with Gasteiger partial charge in [-0.05, 0) is 30.5 Å². The molecule has 1 fully saturated rings. The molecule has 1 aromatic carbocycles. The highest BCUT2D eigenvalue weighted by Crippen LogP contribution is 2.38. The molecule has 1 saturated carbocycles. The lowest BCUT2D eigenvalue weighted by Crippen LogP contribution is -2.16. The molecule has 1 aliphatic rings. The fourth-order valence-electron chi connectivity index (χ4n) is 2.09. The van der Waals surface area contributed by atoms with Crippen molar-refractivity contribution in [3.05, 3.63) is 29.3 Å². The van der Waals surface area contributed by atoms with E-state index < -0.39 is 11.9 Å². The summed E-state index contributed by atoms with van der Waals surface area (Å²) >= 11 is 0. The van der Waals surface area contributed by atoms with Crippen LogP contribution in [0.2, 0.25) is 0 Å². The average molecular weight is 291 g/mol. The van der Waals surface area contributed by atoms with Gasteiger partial charge in [-0.25, -0.2) is 9.59 Å². The molecule has 112 valence electrons.